The predicted octanol–water partition coefficient (Wildman–Crippen LogP) is 0.0112. The van der Waals surface area contributed by atoms with E-state index in [0.717, 1.165) is 0 Å². The van der Waals surface area contributed by atoms with Crippen molar-refractivity contribution in [2.75, 3.05) is 20.3 Å². The van der Waals surface area contributed by atoms with Gasteiger partial charge in [0.15, 0.2) is 6.07 Å². The predicted molar refractivity (Wildman–Crippen MR) is 71.3 cm³/mol. The van der Waals surface area contributed by atoms with Crippen LogP contribution in [0.3, 0.4) is 0 Å². The highest BCUT2D eigenvalue weighted by Gasteiger charge is 2.50. The van der Waals surface area contributed by atoms with E-state index in [1.54, 1.807) is 0 Å². The monoisotopic (exact) mass is 304 g/mol. The number of hydrogen-bond donors (Lipinski definition) is 2. The molecule has 1 aromatic carbocycles. The number of nitrogens with zero attached hydrogens (tertiary/aromatic N) is 3. The number of nitroso groups, excluding NO2 is 1. The second-order valence-corrected chi connectivity index (χ2v) is 4.32. The summed E-state index contributed by atoms with van der Waals surface area (Å²) in [6, 6.07) is 5.26. The summed E-state index contributed by atoms with van der Waals surface area (Å²) in [5, 5.41) is 21.1. The van der Waals surface area contributed by atoms with Crippen LogP contribution >= 0.6 is 0 Å². The fourth-order valence-electron chi connectivity index (χ4n) is 1.89. The van der Waals surface area contributed by atoms with Crippen molar-refractivity contribution in [2.24, 2.45) is 0 Å². The van der Waals surface area contributed by atoms with Crippen molar-refractivity contribution >= 4 is 28.9 Å². The highest BCUT2D eigenvalue weighted by atomic mass is 16.5. The number of nitrogens with one attached hydrogen (secondary N) is 1. The van der Waals surface area contributed by atoms with E-state index in [2.05, 4.69) is 5.32 Å². The van der Waals surface area contributed by atoms with Gasteiger partial charge in [-0.25, -0.2) is 4.79 Å². The molecule has 0 spiro atoms. The van der Waals surface area contributed by atoms with Gasteiger partial charge in [-0.05, 0) is 6.07 Å². The number of rotatable bonds is 4. The molecule has 1 heterocycles. The molecular weight excluding hydrogens is 292 g/mol. The average Bonchev–Trinajstić information content (AvgIpc) is 2.53. The third kappa shape index (κ3) is 2.55. The van der Waals surface area contributed by atoms with Crippen molar-refractivity contribution in [3.8, 4) is 6.07 Å². The summed E-state index contributed by atoms with van der Waals surface area (Å²) in [6.07, 6.45) is 0. The van der Waals surface area contributed by atoms with Gasteiger partial charge < -0.3 is 10.1 Å². The van der Waals surface area contributed by atoms with E-state index >= 15 is 0 Å². The molecule has 112 valence electrons. The van der Waals surface area contributed by atoms with Crippen LogP contribution in [0.2, 0.25) is 0 Å². The summed E-state index contributed by atoms with van der Waals surface area (Å²) in [5.74, 6) is -1.66. The van der Waals surface area contributed by atoms with Crippen LogP contribution in [-0.2, 0) is 9.53 Å². The standard InChI is InChI=1S/C13H11N4O5/c1-22-5-4-15-12(18)8-2-3-9-10(6-8)17(21)13(19)11(7-14)16(9)20/h2-3,6H,4-5H2,1H3,(H-,15,18,19,20)/q+1/p+1. The molecule has 22 heavy (non-hydrogen) atoms. The molecular formula is C13H12N4O5+2. The highest BCUT2D eigenvalue weighted by Crippen LogP contribution is 2.31. The van der Waals surface area contributed by atoms with E-state index in [-0.39, 0.29) is 28.2 Å². The maximum atomic E-state index is 11.9. The quantitative estimate of drug-likeness (QED) is 0.459. The van der Waals surface area contributed by atoms with Crippen LogP contribution in [0.1, 0.15) is 10.4 Å². The molecule has 0 fully saturated rings. The van der Waals surface area contributed by atoms with Gasteiger partial charge in [-0.1, -0.05) is 0 Å². The molecule has 1 aliphatic rings. The molecule has 0 saturated heterocycles. The number of methoxy groups -OCH3 is 1. The Labute approximate surface area is 124 Å². The van der Waals surface area contributed by atoms with E-state index in [1.807, 2.05) is 0 Å². The van der Waals surface area contributed by atoms with Gasteiger partial charge >= 0.3 is 23.0 Å². The Morgan fingerprint density at radius 1 is 1.45 bits per heavy atom. The first-order valence-corrected chi connectivity index (χ1v) is 6.20. The molecule has 2 amide bonds. The number of carbonyl (C=O) groups is 2. The third-order valence-corrected chi connectivity index (χ3v) is 2.98. The molecule has 9 nitrogen and oxygen atoms in total. The van der Waals surface area contributed by atoms with Crippen LogP contribution in [0.25, 0.3) is 0 Å². The van der Waals surface area contributed by atoms with Crippen molar-refractivity contribution in [1.29, 1.82) is 5.26 Å². The summed E-state index contributed by atoms with van der Waals surface area (Å²) in [4.78, 5) is 35.4. The normalized spacial score (nSPS) is 13.6. The second kappa shape index (κ2) is 6.11. The molecule has 0 bridgehead atoms. The SMILES string of the molecule is COCCNC(=O)c1ccc2c(c1)[N+](=O)C(=O)C(C#N)=[N+]2O. The Morgan fingerprint density at radius 3 is 2.82 bits per heavy atom. The van der Waals surface area contributed by atoms with E-state index < -0.39 is 17.5 Å². The molecule has 0 aliphatic carbocycles. The van der Waals surface area contributed by atoms with Gasteiger partial charge in [0.1, 0.15) is 4.76 Å². The van der Waals surface area contributed by atoms with E-state index in [4.69, 9.17) is 10.00 Å². The minimum absolute atomic E-state index is 0.0352. The van der Waals surface area contributed by atoms with Crippen LogP contribution in [0.5, 0.6) is 0 Å². The minimum atomic E-state index is -1.20. The number of ether oxygens (including phenoxy) is 1. The van der Waals surface area contributed by atoms with Crippen molar-refractivity contribution in [3.05, 3.63) is 28.7 Å². The van der Waals surface area contributed by atoms with Gasteiger partial charge in [0.05, 0.1) is 6.61 Å². The van der Waals surface area contributed by atoms with Crippen LogP contribution in [0, 0.1) is 16.2 Å². The summed E-state index contributed by atoms with van der Waals surface area (Å²) in [6.45, 7) is 0.610. The Bertz CT molecular complexity index is 747. The summed E-state index contributed by atoms with van der Waals surface area (Å²) in [5.41, 5.74) is -0.845. The van der Waals surface area contributed by atoms with Gasteiger partial charge in [0.2, 0.25) is 0 Å². The number of amides is 2. The van der Waals surface area contributed by atoms with Gasteiger partial charge in [-0.3, -0.25) is 10.0 Å². The van der Waals surface area contributed by atoms with Crippen LogP contribution in [0.4, 0.5) is 11.4 Å². The minimum Gasteiger partial charge on any atom is -0.383 e. The van der Waals surface area contributed by atoms with Crippen LogP contribution in [-0.4, -0.2) is 52.5 Å². The van der Waals surface area contributed by atoms with Gasteiger partial charge in [-0.2, -0.15) is 5.26 Å². The molecule has 9 heteroatoms. The van der Waals surface area contributed by atoms with Crippen molar-refractivity contribution in [1.82, 2.24) is 5.32 Å². The van der Waals surface area contributed by atoms with E-state index in [9.17, 15) is 19.7 Å². The van der Waals surface area contributed by atoms with Crippen molar-refractivity contribution in [2.45, 2.75) is 0 Å². The first-order valence-electron chi connectivity index (χ1n) is 6.20. The second-order valence-electron chi connectivity index (χ2n) is 4.32. The summed E-state index contributed by atoms with van der Waals surface area (Å²) in [7, 11) is 1.49. The van der Waals surface area contributed by atoms with Crippen LogP contribution in [0.15, 0.2) is 18.2 Å². The number of nitriles is 1. The number of benzene rings is 1. The molecule has 1 aliphatic heterocycles. The number of fused-ring (bicyclic) bond motifs is 1. The largest absolute Gasteiger partial charge is 0.552 e. The Hall–Kier alpha value is -3.12. The maximum absolute atomic E-state index is 11.9. The first-order chi connectivity index (χ1) is 10.5. The van der Waals surface area contributed by atoms with E-state index in [0.29, 0.717) is 11.3 Å². The summed E-state index contributed by atoms with van der Waals surface area (Å²) >= 11 is 0. The molecule has 0 atom stereocenters. The molecule has 1 aromatic rings. The molecule has 2 N–H and O–H groups in total. The topological polar surface area (TPSA) is 123 Å². The molecule has 0 aromatic heterocycles. The smallest absolute Gasteiger partial charge is 0.383 e. The Kier molecular flexibility index (Phi) is 4.24. The lowest BCUT2D eigenvalue weighted by molar-refractivity contribution is -0.717. The zero-order chi connectivity index (χ0) is 16.3. The maximum Gasteiger partial charge on any atom is 0.552 e. The molecule has 0 saturated carbocycles. The third-order valence-electron chi connectivity index (χ3n) is 2.98. The first kappa shape index (κ1) is 15.3. The molecule has 0 unspecified atom stereocenters. The molecule has 2 rings (SSSR count). The summed E-state index contributed by atoms with van der Waals surface area (Å²) < 4.78 is 5.09. The van der Waals surface area contributed by atoms with E-state index in [1.165, 1.54) is 31.4 Å². The Balaban J connectivity index is 2.39. The van der Waals surface area contributed by atoms with Crippen molar-refractivity contribution in [3.63, 3.8) is 0 Å². The Morgan fingerprint density at radius 2 is 2.18 bits per heavy atom. The van der Waals surface area contributed by atoms with Crippen molar-refractivity contribution < 1.29 is 29.0 Å². The van der Waals surface area contributed by atoms with Gasteiger partial charge in [0, 0.05) is 41.0 Å². The lowest BCUT2D eigenvalue weighted by Crippen LogP contribution is -2.33. The number of carbonyl (C=O) groups excluding carboxylic acids is 2. The van der Waals surface area contributed by atoms with Gasteiger partial charge in [-0.15, -0.1) is 0 Å². The average molecular weight is 304 g/mol. The lowest BCUT2D eigenvalue weighted by atomic mass is 10.1. The lowest BCUT2D eigenvalue weighted by Gasteiger charge is -2.05. The fraction of sp³-hybridized carbons (Fsp3) is 0.231. The fourth-order valence-corrected chi connectivity index (χ4v) is 1.89. The zero-order valence-corrected chi connectivity index (χ0v) is 11.6. The highest BCUT2D eigenvalue weighted by molar-refractivity contribution is 6.40. The zero-order valence-electron chi connectivity index (χ0n) is 11.6. The number of hydrogen-bond acceptors (Lipinski definition) is 6. The van der Waals surface area contributed by atoms with Gasteiger partial charge in [0.25, 0.3) is 5.91 Å². The molecule has 0 radical (unpaired) electrons. The van der Waals surface area contributed by atoms with Crippen LogP contribution < -0.4 is 5.32 Å².